The molecule has 3 rings (SSSR count). The van der Waals surface area contributed by atoms with E-state index in [0.717, 1.165) is 5.56 Å². The van der Waals surface area contributed by atoms with Crippen molar-refractivity contribution < 1.29 is 0 Å². The van der Waals surface area contributed by atoms with Gasteiger partial charge in [0.15, 0.2) is 5.65 Å². The van der Waals surface area contributed by atoms with Gasteiger partial charge in [0, 0.05) is 5.56 Å². The van der Waals surface area contributed by atoms with Gasteiger partial charge in [-0.25, -0.2) is 4.98 Å². The zero-order valence-corrected chi connectivity index (χ0v) is 11.7. The van der Waals surface area contributed by atoms with E-state index in [4.69, 9.17) is 11.5 Å². The minimum Gasteiger partial charge on any atom is -0.383 e. The molecule has 0 spiro atoms. The highest BCUT2D eigenvalue weighted by Crippen LogP contribution is 2.31. The predicted octanol–water partition coefficient (Wildman–Crippen LogP) is 1.33. The number of nitrogens with zero attached hydrogens (tertiary/aromatic N) is 3. The molecule has 0 aliphatic heterocycles. The van der Waals surface area contributed by atoms with Gasteiger partial charge in [-0.15, -0.1) is 0 Å². The number of aromatic nitrogens is 3. The molecule has 0 amide bonds. The summed E-state index contributed by atoms with van der Waals surface area (Å²) >= 11 is 0. The third kappa shape index (κ3) is 2.03. The van der Waals surface area contributed by atoms with Crippen molar-refractivity contribution >= 4 is 22.8 Å². The standard InChI is InChI=1S/C15H12N6O/c1-7-2-4-8(5-3-7)10-9(6-16)12(17)19-13-11(10)14(22)21-15(18)20-13/h2-5H,1H3,(H5,17,18,19,20,21,22). The summed E-state index contributed by atoms with van der Waals surface area (Å²) in [6.07, 6.45) is 0. The highest BCUT2D eigenvalue weighted by Gasteiger charge is 2.18. The second kappa shape index (κ2) is 4.86. The van der Waals surface area contributed by atoms with Gasteiger partial charge in [0.1, 0.15) is 17.5 Å². The fraction of sp³-hybridized carbons (Fsp3) is 0.0667. The molecule has 0 atom stereocenters. The van der Waals surface area contributed by atoms with Gasteiger partial charge in [-0.3, -0.25) is 9.78 Å². The van der Waals surface area contributed by atoms with E-state index in [1.807, 2.05) is 37.3 Å². The first-order chi connectivity index (χ1) is 10.5. The van der Waals surface area contributed by atoms with Crippen LogP contribution in [0.3, 0.4) is 0 Å². The second-order valence-electron chi connectivity index (χ2n) is 4.87. The molecule has 108 valence electrons. The molecule has 0 unspecified atom stereocenters. The molecule has 5 N–H and O–H groups in total. The Bertz CT molecular complexity index is 982. The van der Waals surface area contributed by atoms with E-state index < -0.39 is 5.56 Å². The van der Waals surface area contributed by atoms with Gasteiger partial charge in [-0.05, 0) is 12.5 Å². The zero-order valence-electron chi connectivity index (χ0n) is 11.7. The maximum absolute atomic E-state index is 12.3. The lowest BCUT2D eigenvalue weighted by atomic mass is 9.97. The zero-order chi connectivity index (χ0) is 15.9. The number of nitrogens with one attached hydrogen (secondary N) is 1. The van der Waals surface area contributed by atoms with Crippen molar-refractivity contribution in [3.05, 3.63) is 45.7 Å². The number of aryl methyl sites for hydroxylation is 1. The normalized spacial score (nSPS) is 10.5. The first-order valence-electron chi connectivity index (χ1n) is 6.47. The van der Waals surface area contributed by atoms with Crippen LogP contribution in [0.2, 0.25) is 0 Å². The van der Waals surface area contributed by atoms with E-state index in [0.29, 0.717) is 11.1 Å². The van der Waals surface area contributed by atoms with Crippen molar-refractivity contribution in [1.82, 2.24) is 15.0 Å². The van der Waals surface area contributed by atoms with Gasteiger partial charge in [0.05, 0.1) is 5.39 Å². The molecule has 0 saturated carbocycles. The summed E-state index contributed by atoms with van der Waals surface area (Å²) in [4.78, 5) is 22.7. The number of pyridine rings is 1. The molecule has 3 aromatic rings. The van der Waals surface area contributed by atoms with Crippen LogP contribution in [0.5, 0.6) is 0 Å². The summed E-state index contributed by atoms with van der Waals surface area (Å²) in [7, 11) is 0. The lowest BCUT2D eigenvalue weighted by molar-refractivity contribution is 1.16. The molecule has 0 aliphatic rings. The quantitative estimate of drug-likeness (QED) is 0.619. The number of nitrogens with two attached hydrogens (primary N) is 2. The Labute approximate surface area is 125 Å². The van der Waals surface area contributed by atoms with Crippen LogP contribution in [0.25, 0.3) is 22.2 Å². The maximum atomic E-state index is 12.3. The van der Waals surface area contributed by atoms with Crippen LogP contribution in [0, 0.1) is 18.3 Å². The molecule has 0 bridgehead atoms. The summed E-state index contributed by atoms with van der Waals surface area (Å²) in [6.45, 7) is 1.95. The smallest absolute Gasteiger partial charge is 0.262 e. The Kier molecular flexibility index (Phi) is 3.00. The van der Waals surface area contributed by atoms with Gasteiger partial charge in [-0.2, -0.15) is 10.2 Å². The number of hydrogen-bond acceptors (Lipinski definition) is 6. The van der Waals surface area contributed by atoms with Crippen LogP contribution >= 0.6 is 0 Å². The minimum absolute atomic E-state index is 0.0167. The van der Waals surface area contributed by atoms with Gasteiger partial charge in [-0.1, -0.05) is 29.8 Å². The number of hydrogen-bond donors (Lipinski definition) is 3. The van der Waals surface area contributed by atoms with Gasteiger partial charge in [0.25, 0.3) is 5.56 Å². The number of fused-ring (bicyclic) bond motifs is 1. The van der Waals surface area contributed by atoms with Crippen molar-refractivity contribution in [3.8, 4) is 17.2 Å². The summed E-state index contributed by atoms with van der Waals surface area (Å²) in [5.74, 6) is -0.0351. The fourth-order valence-electron chi connectivity index (χ4n) is 2.33. The summed E-state index contributed by atoms with van der Waals surface area (Å²) in [5.41, 5.74) is 13.4. The predicted molar refractivity (Wildman–Crippen MR) is 83.9 cm³/mol. The molecule has 0 fully saturated rings. The Morgan fingerprint density at radius 2 is 1.86 bits per heavy atom. The molecule has 2 heterocycles. The molecular formula is C15H12N6O. The Balaban J connectivity index is 2.53. The molecule has 7 heteroatoms. The van der Waals surface area contributed by atoms with Crippen LogP contribution in [0.4, 0.5) is 11.8 Å². The van der Waals surface area contributed by atoms with E-state index in [1.165, 1.54) is 0 Å². The Morgan fingerprint density at radius 3 is 2.50 bits per heavy atom. The summed E-state index contributed by atoms with van der Waals surface area (Å²) < 4.78 is 0. The molecule has 0 saturated heterocycles. The van der Waals surface area contributed by atoms with Crippen molar-refractivity contribution in [2.45, 2.75) is 6.92 Å². The summed E-state index contributed by atoms with van der Waals surface area (Å²) in [5, 5.41) is 9.59. The van der Waals surface area contributed by atoms with E-state index in [-0.39, 0.29) is 28.4 Å². The van der Waals surface area contributed by atoms with Crippen LogP contribution in [0.15, 0.2) is 29.1 Å². The third-order valence-electron chi connectivity index (χ3n) is 3.35. The molecule has 22 heavy (non-hydrogen) atoms. The van der Waals surface area contributed by atoms with Crippen molar-refractivity contribution in [2.24, 2.45) is 0 Å². The van der Waals surface area contributed by atoms with Gasteiger partial charge >= 0.3 is 0 Å². The average molecular weight is 292 g/mol. The lowest BCUT2D eigenvalue weighted by Crippen LogP contribution is -2.15. The highest BCUT2D eigenvalue weighted by molar-refractivity contribution is 5.97. The van der Waals surface area contributed by atoms with Gasteiger partial charge < -0.3 is 11.5 Å². The number of aromatic amines is 1. The average Bonchev–Trinajstić information content (AvgIpc) is 2.46. The van der Waals surface area contributed by atoms with E-state index in [9.17, 15) is 10.1 Å². The molecule has 7 nitrogen and oxygen atoms in total. The van der Waals surface area contributed by atoms with E-state index in [2.05, 4.69) is 15.0 Å². The fourth-order valence-corrected chi connectivity index (χ4v) is 2.33. The van der Waals surface area contributed by atoms with Crippen molar-refractivity contribution in [2.75, 3.05) is 11.5 Å². The van der Waals surface area contributed by atoms with E-state index in [1.54, 1.807) is 0 Å². The first-order valence-corrected chi connectivity index (χ1v) is 6.47. The maximum Gasteiger partial charge on any atom is 0.262 e. The second-order valence-corrected chi connectivity index (χ2v) is 4.87. The number of benzene rings is 1. The van der Waals surface area contributed by atoms with Gasteiger partial charge in [0.2, 0.25) is 5.95 Å². The number of nitriles is 1. The number of anilines is 2. The minimum atomic E-state index is -0.456. The molecule has 2 aromatic heterocycles. The lowest BCUT2D eigenvalue weighted by Gasteiger charge is -2.10. The van der Waals surface area contributed by atoms with Crippen LogP contribution in [-0.4, -0.2) is 15.0 Å². The highest BCUT2D eigenvalue weighted by atomic mass is 16.1. The Hall–Kier alpha value is -3.40. The summed E-state index contributed by atoms with van der Waals surface area (Å²) in [6, 6.07) is 9.42. The number of nitrogen functional groups attached to an aromatic ring is 2. The number of H-pyrrole nitrogens is 1. The molecule has 1 aromatic carbocycles. The van der Waals surface area contributed by atoms with Crippen molar-refractivity contribution in [3.63, 3.8) is 0 Å². The monoisotopic (exact) mass is 292 g/mol. The van der Waals surface area contributed by atoms with Crippen LogP contribution < -0.4 is 17.0 Å². The Morgan fingerprint density at radius 1 is 1.18 bits per heavy atom. The topological polar surface area (TPSA) is 134 Å². The number of rotatable bonds is 1. The molecule has 0 radical (unpaired) electrons. The van der Waals surface area contributed by atoms with Crippen LogP contribution in [-0.2, 0) is 0 Å². The SMILES string of the molecule is Cc1ccc(-c2c(C#N)c(N)nc3nc(N)[nH]c(=O)c23)cc1. The largest absolute Gasteiger partial charge is 0.383 e. The van der Waals surface area contributed by atoms with Crippen molar-refractivity contribution in [1.29, 1.82) is 5.26 Å². The molecule has 0 aliphatic carbocycles. The van der Waals surface area contributed by atoms with E-state index >= 15 is 0 Å². The van der Waals surface area contributed by atoms with Crippen LogP contribution in [0.1, 0.15) is 11.1 Å². The first kappa shape index (κ1) is 13.6. The molecular weight excluding hydrogens is 280 g/mol. The third-order valence-corrected chi connectivity index (χ3v) is 3.35.